The SMILES string of the molecule is Cn1cc(CO)c2cc3c(cc21)OCO3. The second-order valence-corrected chi connectivity index (χ2v) is 3.65. The van der Waals surface area contributed by atoms with Crippen molar-refractivity contribution in [2.75, 3.05) is 6.79 Å². The third kappa shape index (κ3) is 1.11. The molecule has 0 radical (unpaired) electrons. The predicted molar refractivity (Wildman–Crippen MR) is 55.0 cm³/mol. The van der Waals surface area contributed by atoms with E-state index in [0.717, 1.165) is 28.0 Å². The number of aromatic nitrogens is 1. The molecule has 0 spiro atoms. The fourth-order valence-corrected chi connectivity index (χ4v) is 1.98. The van der Waals surface area contributed by atoms with Crippen LogP contribution in [0.1, 0.15) is 5.56 Å². The molecule has 1 aromatic heterocycles. The lowest BCUT2D eigenvalue weighted by Crippen LogP contribution is -1.93. The van der Waals surface area contributed by atoms with E-state index in [9.17, 15) is 5.11 Å². The molecule has 2 aromatic rings. The molecular weight excluding hydrogens is 194 g/mol. The van der Waals surface area contributed by atoms with Gasteiger partial charge in [0.15, 0.2) is 11.5 Å². The first kappa shape index (κ1) is 8.61. The summed E-state index contributed by atoms with van der Waals surface area (Å²) in [6.07, 6.45) is 1.92. The molecule has 4 nitrogen and oxygen atoms in total. The van der Waals surface area contributed by atoms with Crippen LogP contribution < -0.4 is 9.47 Å². The molecule has 0 saturated heterocycles. The van der Waals surface area contributed by atoms with Crippen molar-refractivity contribution < 1.29 is 14.6 Å². The van der Waals surface area contributed by atoms with Crippen LogP contribution in [0.5, 0.6) is 11.5 Å². The second-order valence-electron chi connectivity index (χ2n) is 3.65. The summed E-state index contributed by atoms with van der Waals surface area (Å²) < 4.78 is 12.6. The van der Waals surface area contributed by atoms with Gasteiger partial charge in [-0.05, 0) is 6.07 Å². The quantitative estimate of drug-likeness (QED) is 0.765. The Kier molecular flexibility index (Phi) is 1.67. The van der Waals surface area contributed by atoms with Crippen LogP contribution in [-0.4, -0.2) is 16.5 Å². The van der Waals surface area contributed by atoms with Crippen LogP contribution in [0.15, 0.2) is 18.3 Å². The molecule has 3 rings (SSSR count). The van der Waals surface area contributed by atoms with Crippen LogP contribution in [-0.2, 0) is 13.7 Å². The van der Waals surface area contributed by atoms with Crippen molar-refractivity contribution in [3.05, 3.63) is 23.9 Å². The molecule has 78 valence electrons. The molecule has 0 bridgehead atoms. The van der Waals surface area contributed by atoms with E-state index in [1.165, 1.54) is 0 Å². The zero-order valence-electron chi connectivity index (χ0n) is 8.36. The Morgan fingerprint density at radius 2 is 2.07 bits per heavy atom. The van der Waals surface area contributed by atoms with Crippen molar-refractivity contribution in [2.24, 2.45) is 7.05 Å². The average molecular weight is 205 g/mol. The maximum absolute atomic E-state index is 9.21. The van der Waals surface area contributed by atoms with Gasteiger partial charge in [0.1, 0.15) is 0 Å². The number of hydrogen-bond acceptors (Lipinski definition) is 3. The number of nitrogens with zero attached hydrogens (tertiary/aromatic N) is 1. The average Bonchev–Trinajstić information content (AvgIpc) is 2.81. The molecule has 1 aliphatic heterocycles. The minimum absolute atomic E-state index is 0.0387. The Bertz CT molecular complexity index is 530. The molecule has 4 heteroatoms. The van der Waals surface area contributed by atoms with Gasteiger partial charge in [0.25, 0.3) is 0 Å². The van der Waals surface area contributed by atoms with E-state index in [0.29, 0.717) is 0 Å². The summed E-state index contributed by atoms with van der Waals surface area (Å²) in [5.74, 6) is 1.52. The fraction of sp³-hybridized carbons (Fsp3) is 0.273. The number of fused-ring (bicyclic) bond motifs is 2. The highest BCUT2D eigenvalue weighted by Crippen LogP contribution is 2.37. The zero-order chi connectivity index (χ0) is 10.4. The van der Waals surface area contributed by atoms with Gasteiger partial charge in [0.05, 0.1) is 12.1 Å². The molecule has 1 N–H and O–H groups in total. The molecule has 0 aliphatic carbocycles. The minimum Gasteiger partial charge on any atom is -0.454 e. The van der Waals surface area contributed by atoms with Crippen molar-refractivity contribution in [3.63, 3.8) is 0 Å². The number of rotatable bonds is 1. The summed E-state index contributed by atoms with van der Waals surface area (Å²) in [6.45, 7) is 0.317. The number of aryl methyl sites for hydroxylation is 1. The number of aliphatic hydroxyl groups excluding tert-OH is 1. The van der Waals surface area contributed by atoms with Crippen molar-refractivity contribution >= 4 is 10.9 Å². The molecule has 1 aliphatic rings. The van der Waals surface area contributed by atoms with Gasteiger partial charge in [0, 0.05) is 30.3 Å². The highest BCUT2D eigenvalue weighted by Gasteiger charge is 2.17. The number of ether oxygens (including phenoxy) is 2. The second kappa shape index (κ2) is 2.90. The van der Waals surface area contributed by atoms with E-state index in [1.807, 2.05) is 29.9 Å². The summed E-state index contributed by atoms with van der Waals surface area (Å²) in [7, 11) is 1.95. The van der Waals surface area contributed by atoms with Gasteiger partial charge in [-0.25, -0.2) is 0 Å². The molecule has 1 aromatic carbocycles. The maximum Gasteiger partial charge on any atom is 0.231 e. The zero-order valence-corrected chi connectivity index (χ0v) is 8.36. The Labute approximate surface area is 86.6 Å². The van der Waals surface area contributed by atoms with Gasteiger partial charge in [-0.15, -0.1) is 0 Å². The molecule has 0 amide bonds. The third-order valence-electron chi connectivity index (χ3n) is 2.74. The molecule has 0 atom stereocenters. The van der Waals surface area contributed by atoms with Crippen LogP contribution in [0, 0.1) is 0 Å². The Morgan fingerprint density at radius 3 is 2.80 bits per heavy atom. The van der Waals surface area contributed by atoms with Crippen LogP contribution in [0.25, 0.3) is 10.9 Å². The molecule has 0 saturated carbocycles. The van der Waals surface area contributed by atoms with Crippen LogP contribution in [0.3, 0.4) is 0 Å². The van der Waals surface area contributed by atoms with Gasteiger partial charge in [-0.1, -0.05) is 0 Å². The van der Waals surface area contributed by atoms with Crippen molar-refractivity contribution in [2.45, 2.75) is 6.61 Å². The highest BCUT2D eigenvalue weighted by atomic mass is 16.7. The number of benzene rings is 1. The first-order valence-corrected chi connectivity index (χ1v) is 4.78. The normalized spacial score (nSPS) is 13.7. The first-order chi connectivity index (χ1) is 7.29. The maximum atomic E-state index is 9.21. The summed E-state index contributed by atoms with van der Waals surface area (Å²) in [5.41, 5.74) is 1.95. The van der Waals surface area contributed by atoms with E-state index < -0.39 is 0 Å². The monoisotopic (exact) mass is 205 g/mol. The predicted octanol–water partition coefficient (Wildman–Crippen LogP) is 1.40. The van der Waals surface area contributed by atoms with Gasteiger partial charge < -0.3 is 19.1 Å². The van der Waals surface area contributed by atoms with E-state index in [4.69, 9.17) is 9.47 Å². The van der Waals surface area contributed by atoms with Crippen molar-refractivity contribution in [1.29, 1.82) is 0 Å². The van der Waals surface area contributed by atoms with Crippen molar-refractivity contribution in [3.8, 4) is 11.5 Å². The van der Waals surface area contributed by atoms with Gasteiger partial charge in [-0.2, -0.15) is 0 Å². The van der Waals surface area contributed by atoms with Crippen LogP contribution in [0.4, 0.5) is 0 Å². The highest BCUT2D eigenvalue weighted by molar-refractivity contribution is 5.87. The molecular formula is C11H11NO3. The third-order valence-corrected chi connectivity index (χ3v) is 2.74. The first-order valence-electron chi connectivity index (χ1n) is 4.78. The van der Waals surface area contributed by atoms with Crippen LogP contribution >= 0.6 is 0 Å². The summed E-state index contributed by atoms with van der Waals surface area (Å²) in [5, 5.41) is 10.2. The smallest absolute Gasteiger partial charge is 0.231 e. The van der Waals surface area contributed by atoms with E-state index in [1.54, 1.807) is 0 Å². The lowest BCUT2D eigenvalue weighted by Gasteiger charge is -1.99. The number of aliphatic hydroxyl groups is 1. The van der Waals surface area contributed by atoms with Gasteiger partial charge in [-0.3, -0.25) is 0 Å². The van der Waals surface area contributed by atoms with Gasteiger partial charge in [0.2, 0.25) is 6.79 Å². The lowest BCUT2D eigenvalue weighted by atomic mass is 10.1. The summed E-state index contributed by atoms with van der Waals surface area (Å²) in [6, 6.07) is 3.86. The molecule has 0 unspecified atom stereocenters. The van der Waals surface area contributed by atoms with E-state index >= 15 is 0 Å². The fourth-order valence-electron chi connectivity index (χ4n) is 1.98. The minimum atomic E-state index is 0.0387. The van der Waals surface area contributed by atoms with Crippen LogP contribution in [0.2, 0.25) is 0 Å². The topological polar surface area (TPSA) is 43.6 Å². The Balaban J connectivity index is 2.34. The van der Waals surface area contributed by atoms with Crippen molar-refractivity contribution in [1.82, 2.24) is 4.57 Å². The summed E-state index contributed by atoms with van der Waals surface area (Å²) in [4.78, 5) is 0. The Hall–Kier alpha value is -1.68. The van der Waals surface area contributed by atoms with Gasteiger partial charge >= 0.3 is 0 Å². The Morgan fingerprint density at radius 1 is 1.33 bits per heavy atom. The van der Waals surface area contributed by atoms with E-state index in [2.05, 4.69) is 0 Å². The molecule has 0 fully saturated rings. The lowest BCUT2D eigenvalue weighted by molar-refractivity contribution is 0.174. The largest absolute Gasteiger partial charge is 0.454 e. The molecule has 2 heterocycles. The van der Waals surface area contributed by atoms with E-state index in [-0.39, 0.29) is 13.4 Å². The number of hydrogen-bond donors (Lipinski definition) is 1. The summed E-state index contributed by atoms with van der Waals surface area (Å²) >= 11 is 0. The molecule has 15 heavy (non-hydrogen) atoms. The standard InChI is InChI=1S/C11H11NO3/c1-12-4-7(5-13)8-2-10-11(3-9(8)12)15-6-14-10/h2-4,13H,5-6H2,1H3.